The van der Waals surface area contributed by atoms with E-state index in [2.05, 4.69) is 15.2 Å². The van der Waals surface area contributed by atoms with Crippen LogP contribution in [0, 0.1) is 0 Å². The summed E-state index contributed by atoms with van der Waals surface area (Å²) in [6.07, 6.45) is 2.23. The van der Waals surface area contributed by atoms with Gasteiger partial charge in [0.05, 0.1) is 24.7 Å². The second-order valence-electron chi connectivity index (χ2n) is 6.70. The number of nitrogens with one attached hydrogen (secondary N) is 1. The Morgan fingerprint density at radius 3 is 2.96 bits per heavy atom. The van der Waals surface area contributed by atoms with Gasteiger partial charge in [0.2, 0.25) is 5.91 Å². The lowest BCUT2D eigenvalue weighted by atomic mass is 10.1. The lowest BCUT2D eigenvalue weighted by molar-refractivity contribution is -0.134. The van der Waals surface area contributed by atoms with Gasteiger partial charge in [-0.3, -0.25) is 9.89 Å². The average molecular weight is 342 g/mol. The molecule has 2 aliphatic rings. The molecule has 0 aliphatic carbocycles. The van der Waals surface area contributed by atoms with Crippen LogP contribution in [0.25, 0.3) is 11.4 Å². The predicted octanol–water partition coefficient (Wildman–Crippen LogP) is 1.68. The van der Waals surface area contributed by atoms with Crippen molar-refractivity contribution >= 4 is 5.91 Å². The molecule has 132 valence electrons. The number of aliphatic hydroxyl groups excluding tert-OH is 1. The fourth-order valence-electron chi connectivity index (χ4n) is 3.61. The number of carbonyl (C=O) groups excluding carboxylic acids is 1. The lowest BCUT2D eigenvalue weighted by Gasteiger charge is -2.23. The van der Waals surface area contributed by atoms with Gasteiger partial charge in [-0.2, -0.15) is 5.10 Å². The molecule has 0 saturated carbocycles. The van der Waals surface area contributed by atoms with Gasteiger partial charge < -0.3 is 14.7 Å². The van der Waals surface area contributed by atoms with E-state index < -0.39 is 6.10 Å². The van der Waals surface area contributed by atoms with Crippen LogP contribution in [0.3, 0.4) is 0 Å². The molecule has 7 nitrogen and oxygen atoms in total. The zero-order valence-electron chi connectivity index (χ0n) is 14.0. The zero-order valence-corrected chi connectivity index (χ0v) is 14.0. The summed E-state index contributed by atoms with van der Waals surface area (Å²) < 4.78 is 5.57. The van der Waals surface area contributed by atoms with Crippen LogP contribution in [0.2, 0.25) is 0 Å². The normalized spacial score (nSPS) is 26.3. The van der Waals surface area contributed by atoms with Crippen LogP contribution in [-0.4, -0.2) is 56.5 Å². The summed E-state index contributed by atoms with van der Waals surface area (Å²) in [5.41, 5.74) is 0.917. The lowest BCUT2D eigenvalue weighted by Crippen LogP contribution is -2.34. The van der Waals surface area contributed by atoms with Crippen LogP contribution < -0.4 is 0 Å². The molecule has 0 bridgehead atoms. The molecule has 1 unspecified atom stereocenters. The van der Waals surface area contributed by atoms with E-state index in [1.165, 1.54) is 0 Å². The molecule has 2 saturated heterocycles. The molecule has 3 atom stereocenters. The summed E-state index contributed by atoms with van der Waals surface area (Å²) in [6.45, 7) is 1.06. The van der Waals surface area contributed by atoms with E-state index in [1.807, 2.05) is 30.3 Å². The Kier molecular flexibility index (Phi) is 4.50. The third kappa shape index (κ3) is 3.43. The highest BCUT2D eigenvalue weighted by molar-refractivity contribution is 5.77. The van der Waals surface area contributed by atoms with E-state index in [1.54, 1.807) is 4.90 Å². The molecule has 0 spiro atoms. The average Bonchev–Trinajstić information content (AvgIpc) is 3.35. The Hall–Kier alpha value is -2.25. The Balaban J connectivity index is 1.51. The minimum Gasteiger partial charge on any atom is -0.391 e. The summed E-state index contributed by atoms with van der Waals surface area (Å²) in [7, 11) is 0. The number of benzene rings is 1. The number of rotatable bonds is 4. The second kappa shape index (κ2) is 6.93. The quantitative estimate of drug-likeness (QED) is 0.882. The molecule has 3 heterocycles. The first-order valence-corrected chi connectivity index (χ1v) is 8.77. The molecule has 2 fully saturated rings. The van der Waals surface area contributed by atoms with Gasteiger partial charge in [0, 0.05) is 25.1 Å². The molecule has 2 aliphatic heterocycles. The highest BCUT2D eigenvalue weighted by atomic mass is 16.5. The molecular weight excluding hydrogens is 320 g/mol. The summed E-state index contributed by atoms with van der Waals surface area (Å²) in [5.74, 6) is 1.23. The van der Waals surface area contributed by atoms with Gasteiger partial charge >= 0.3 is 0 Å². The first-order chi connectivity index (χ1) is 12.2. The fraction of sp³-hybridized carbons (Fsp3) is 0.500. The van der Waals surface area contributed by atoms with Crippen molar-refractivity contribution in [1.29, 1.82) is 0 Å². The van der Waals surface area contributed by atoms with E-state index in [9.17, 15) is 9.90 Å². The van der Waals surface area contributed by atoms with E-state index in [0.717, 1.165) is 25.0 Å². The van der Waals surface area contributed by atoms with Crippen LogP contribution in [0.1, 0.15) is 37.5 Å². The Morgan fingerprint density at radius 1 is 1.36 bits per heavy atom. The molecular formula is C18H22N4O3. The van der Waals surface area contributed by atoms with Gasteiger partial charge in [0.15, 0.2) is 5.82 Å². The largest absolute Gasteiger partial charge is 0.391 e. The molecule has 4 rings (SSSR count). The molecule has 2 N–H and O–H groups in total. The number of β-amino-alcohol motifs (C(OH)–C–C–N with tert-alkyl or cyclic N) is 1. The number of amides is 1. The van der Waals surface area contributed by atoms with Crippen molar-refractivity contribution in [2.24, 2.45) is 0 Å². The van der Waals surface area contributed by atoms with Gasteiger partial charge in [-0.05, 0) is 12.8 Å². The number of aromatic nitrogens is 3. The molecule has 25 heavy (non-hydrogen) atoms. The first-order valence-electron chi connectivity index (χ1n) is 8.77. The summed E-state index contributed by atoms with van der Waals surface area (Å²) in [5, 5.41) is 17.3. The number of likely N-dealkylation sites (tertiary alicyclic amines) is 1. The minimum atomic E-state index is -0.538. The highest BCUT2D eigenvalue weighted by Gasteiger charge is 2.38. The number of hydrogen-bond acceptors (Lipinski definition) is 5. The Bertz CT molecular complexity index is 727. The van der Waals surface area contributed by atoms with E-state index in [4.69, 9.17) is 4.74 Å². The number of hydrogen-bond donors (Lipinski definition) is 2. The Labute approximate surface area is 146 Å². The SMILES string of the molecule is O=C(CC1CCCO1)N1C[C@H](O)C[C@H]1c1nc(-c2ccccc2)n[nH]1. The van der Waals surface area contributed by atoms with Crippen LogP contribution in [0.15, 0.2) is 30.3 Å². The van der Waals surface area contributed by atoms with Gasteiger partial charge in [-0.15, -0.1) is 0 Å². The molecule has 1 amide bonds. The van der Waals surface area contributed by atoms with Crippen LogP contribution >= 0.6 is 0 Å². The van der Waals surface area contributed by atoms with Crippen LogP contribution in [-0.2, 0) is 9.53 Å². The summed E-state index contributed by atoms with van der Waals surface area (Å²) >= 11 is 0. The molecule has 2 aromatic rings. The van der Waals surface area contributed by atoms with Crippen molar-refractivity contribution in [3.05, 3.63) is 36.2 Å². The maximum Gasteiger partial charge on any atom is 0.225 e. The highest BCUT2D eigenvalue weighted by Crippen LogP contribution is 2.32. The summed E-state index contributed by atoms with van der Waals surface area (Å²) in [4.78, 5) is 18.9. The van der Waals surface area contributed by atoms with Gasteiger partial charge in [0.25, 0.3) is 0 Å². The van der Waals surface area contributed by atoms with Crippen molar-refractivity contribution in [2.75, 3.05) is 13.2 Å². The molecule has 0 radical (unpaired) electrons. The third-order valence-corrected chi connectivity index (χ3v) is 4.88. The molecule has 1 aromatic heterocycles. The zero-order chi connectivity index (χ0) is 17.2. The monoisotopic (exact) mass is 342 g/mol. The van der Waals surface area contributed by atoms with E-state index in [0.29, 0.717) is 31.0 Å². The number of H-pyrrole nitrogens is 1. The Morgan fingerprint density at radius 2 is 2.20 bits per heavy atom. The number of carbonyl (C=O) groups is 1. The van der Waals surface area contributed by atoms with Crippen molar-refractivity contribution < 1.29 is 14.6 Å². The number of aliphatic hydroxyl groups is 1. The van der Waals surface area contributed by atoms with Crippen molar-refractivity contribution in [3.63, 3.8) is 0 Å². The third-order valence-electron chi connectivity index (χ3n) is 4.88. The number of nitrogens with zero attached hydrogens (tertiary/aromatic N) is 3. The van der Waals surface area contributed by atoms with Crippen molar-refractivity contribution in [3.8, 4) is 11.4 Å². The maximum absolute atomic E-state index is 12.7. The van der Waals surface area contributed by atoms with Gasteiger partial charge in [-0.1, -0.05) is 30.3 Å². The smallest absolute Gasteiger partial charge is 0.225 e. The molecule has 1 aromatic carbocycles. The second-order valence-corrected chi connectivity index (χ2v) is 6.70. The predicted molar refractivity (Wildman–Crippen MR) is 90.5 cm³/mol. The summed E-state index contributed by atoms with van der Waals surface area (Å²) in [6, 6.07) is 9.42. The topological polar surface area (TPSA) is 91.3 Å². The van der Waals surface area contributed by atoms with Gasteiger partial charge in [-0.25, -0.2) is 4.98 Å². The molecule has 7 heteroatoms. The van der Waals surface area contributed by atoms with Crippen molar-refractivity contribution in [2.45, 2.75) is 43.9 Å². The van der Waals surface area contributed by atoms with Crippen LogP contribution in [0.4, 0.5) is 0 Å². The number of ether oxygens (including phenoxy) is 1. The van der Waals surface area contributed by atoms with Gasteiger partial charge in [0.1, 0.15) is 5.82 Å². The standard InChI is InChI=1S/C18H22N4O3/c23-13-9-15(22(11-13)16(24)10-14-7-4-8-25-14)18-19-17(20-21-18)12-5-2-1-3-6-12/h1-3,5-6,13-15,23H,4,7-11H2,(H,19,20,21)/t13-,14?,15+/m1/s1. The van der Waals surface area contributed by atoms with E-state index in [-0.39, 0.29) is 18.1 Å². The maximum atomic E-state index is 12.7. The van der Waals surface area contributed by atoms with E-state index >= 15 is 0 Å². The first kappa shape index (κ1) is 16.2. The van der Waals surface area contributed by atoms with Crippen LogP contribution in [0.5, 0.6) is 0 Å². The minimum absolute atomic E-state index is 0.000462. The van der Waals surface area contributed by atoms with Crippen molar-refractivity contribution in [1.82, 2.24) is 20.1 Å². The number of aromatic amines is 1. The fourth-order valence-corrected chi connectivity index (χ4v) is 3.61.